The predicted octanol–water partition coefficient (Wildman–Crippen LogP) is -2.87. The van der Waals surface area contributed by atoms with E-state index in [9.17, 15) is 38.7 Å². The van der Waals surface area contributed by atoms with Gasteiger partial charge in [-0.05, 0) is 36.6 Å². The Kier molecular flexibility index (Phi) is 12.5. The van der Waals surface area contributed by atoms with Gasteiger partial charge in [-0.2, -0.15) is 0 Å². The average molecular weight is 637 g/mol. The van der Waals surface area contributed by atoms with Gasteiger partial charge in [-0.1, -0.05) is 42.5 Å². The van der Waals surface area contributed by atoms with Crippen LogP contribution in [0.4, 0.5) is 0 Å². The Morgan fingerprint density at radius 2 is 1.46 bits per heavy atom. The zero-order valence-corrected chi connectivity index (χ0v) is 24.9. The summed E-state index contributed by atoms with van der Waals surface area (Å²) in [6.07, 6.45) is 1.30. The van der Waals surface area contributed by atoms with E-state index in [1.807, 2.05) is 4.98 Å². The average Bonchev–Trinajstić information content (AvgIpc) is 3.02. The molecule has 0 radical (unpaired) electrons. The smallest absolute Gasteiger partial charge is 0.328 e. The number of amides is 5. The summed E-state index contributed by atoms with van der Waals surface area (Å²) in [6, 6.07) is 11.2. The number of hydrogen-bond acceptors (Lipinski definition) is 10. The first-order chi connectivity index (χ1) is 21.8. The highest BCUT2D eigenvalue weighted by molar-refractivity contribution is 6.01. The van der Waals surface area contributed by atoms with E-state index in [-0.39, 0.29) is 25.1 Å². The van der Waals surface area contributed by atoms with Crippen molar-refractivity contribution in [2.75, 3.05) is 6.54 Å². The Hall–Kier alpha value is -5.61. The van der Waals surface area contributed by atoms with Gasteiger partial charge in [-0.3, -0.25) is 43.6 Å². The van der Waals surface area contributed by atoms with Gasteiger partial charge in [0.1, 0.15) is 23.9 Å². The molecule has 0 saturated carbocycles. The van der Waals surface area contributed by atoms with E-state index in [0.29, 0.717) is 11.1 Å². The Balaban J connectivity index is 1.55. The van der Waals surface area contributed by atoms with Crippen LogP contribution in [0.5, 0.6) is 5.75 Å². The molecule has 244 valence electrons. The van der Waals surface area contributed by atoms with Crippen LogP contribution in [0.25, 0.3) is 0 Å². The Bertz CT molecular complexity index is 1660. The number of hydrogen-bond donors (Lipinski definition) is 8. The lowest BCUT2D eigenvalue weighted by Crippen LogP contribution is -2.56. The quantitative estimate of drug-likeness (QED) is 0.0897. The lowest BCUT2D eigenvalue weighted by Gasteiger charge is -2.20. The first-order valence-corrected chi connectivity index (χ1v) is 14.2. The van der Waals surface area contributed by atoms with Crippen molar-refractivity contribution in [1.29, 1.82) is 0 Å². The van der Waals surface area contributed by atoms with E-state index in [4.69, 9.17) is 11.5 Å². The van der Waals surface area contributed by atoms with Crippen LogP contribution in [0.3, 0.4) is 0 Å². The number of benzene rings is 2. The van der Waals surface area contributed by atoms with E-state index in [0.717, 1.165) is 16.8 Å². The van der Waals surface area contributed by atoms with Crippen molar-refractivity contribution in [3.8, 4) is 5.75 Å². The molecule has 0 fully saturated rings. The monoisotopic (exact) mass is 636 g/mol. The van der Waals surface area contributed by atoms with Gasteiger partial charge >= 0.3 is 5.69 Å². The lowest BCUT2D eigenvalue weighted by atomic mass is 10.0. The maximum absolute atomic E-state index is 13.1. The SMILES string of the molecule is C[C@@H](NC(=O)[C@@H](N)Cc1ccc(O)cc1)C(=O)NCC(=O)N[C@@H](Cc1ccccc1)C(=O)NC(=O)C(N)Cn1ccc(=O)[nH]c1=O. The van der Waals surface area contributed by atoms with Crippen LogP contribution in [0.1, 0.15) is 18.1 Å². The van der Waals surface area contributed by atoms with Crippen molar-refractivity contribution >= 4 is 29.5 Å². The van der Waals surface area contributed by atoms with E-state index in [1.54, 1.807) is 42.5 Å². The molecular formula is C30H36N8O8. The molecule has 3 rings (SSSR count). The third-order valence-corrected chi connectivity index (χ3v) is 6.71. The number of rotatable bonds is 14. The van der Waals surface area contributed by atoms with Crippen LogP contribution >= 0.6 is 0 Å². The summed E-state index contributed by atoms with van der Waals surface area (Å²) in [7, 11) is 0. The van der Waals surface area contributed by atoms with Crippen LogP contribution in [-0.2, 0) is 43.4 Å². The summed E-state index contributed by atoms with van der Waals surface area (Å²) in [5.74, 6) is -3.81. The molecule has 1 heterocycles. The number of nitrogens with zero attached hydrogens (tertiary/aromatic N) is 1. The van der Waals surface area contributed by atoms with E-state index in [2.05, 4.69) is 21.3 Å². The minimum atomic E-state index is -1.36. The summed E-state index contributed by atoms with van der Waals surface area (Å²) in [5.41, 5.74) is 11.8. The number of carbonyl (C=O) groups excluding carboxylic acids is 5. The second-order valence-electron chi connectivity index (χ2n) is 10.5. The molecule has 46 heavy (non-hydrogen) atoms. The van der Waals surface area contributed by atoms with Gasteiger partial charge in [0.25, 0.3) is 5.56 Å². The molecule has 0 aliphatic rings. The van der Waals surface area contributed by atoms with Crippen LogP contribution in [0.15, 0.2) is 76.4 Å². The van der Waals surface area contributed by atoms with Gasteiger partial charge in [0.05, 0.1) is 19.1 Å². The number of nitrogens with one attached hydrogen (secondary N) is 5. The Morgan fingerprint density at radius 3 is 2.11 bits per heavy atom. The molecule has 0 bridgehead atoms. The molecule has 2 aromatic carbocycles. The lowest BCUT2D eigenvalue weighted by molar-refractivity contribution is -0.135. The van der Waals surface area contributed by atoms with E-state index < -0.39 is 71.5 Å². The summed E-state index contributed by atoms with van der Waals surface area (Å²) in [5, 5.41) is 18.8. The molecule has 0 spiro atoms. The predicted molar refractivity (Wildman–Crippen MR) is 165 cm³/mol. The Labute approximate surface area is 262 Å². The fraction of sp³-hybridized carbons (Fsp3) is 0.300. The van der Waals surface area contributed by atoms with Gasteiger partial charge in [0.15, 0.2) is 0 Å². The van der Waals surface area contributed by atoms with Gasteiger partial charge in [0, 0.05) is 18.7 Å². The largest absolute Gasteiger partial charge is 0.508 e. The van der Waals surface area contributed by atoms with Gasteiger partial charge in [-0.25, -0.2) is 4.79 Å². The zero-order chi connectivity index (χ0) is 33.8. The molecule has 16 nitrogen and oxygen atoms in total. The molecule has 3 aromatic rings. The number of phenolic OH excluding ortho intramolecular Hbond substituents is 1. The van der Waals surface area contributed by atoms with Crippen molar-refractivity contribution in [2.24, 2.45) is 11.5 Å². The van der Waals surface area contributed by atoms with Crippen molar-refractivity contribution in [2.45, 2.75) is 50.5 Å². The highest BCUT2D eigenvalue weighted by Gasteiger charge is 2.26. The third-order valence-electron chi connectivity index (χ3n) is 6.71. The van der Waals surface area contributed by atoms with Crippen molar-refractivity contribution < 1.29 is 29.1 Å². The van der Waals surface area contributed by atoms with Gasteiger partial charge in [0.2, 0.25) is 29.5 Å². The molecular weight excluding hydrogens is 600 g/mol. The van der Waals surface area contributed by atoms with E-state index >= 15 is 0 Å². The number of imide groups is 1. The van der Waals surface area contributed by atoms with Crippen molar-refractivity contribution in [3.63, 3.8) is 0 Å². The summed E-state index contributed by atoms with van der Waals surface area (Å²) < 4.78 is 0.995. The number of aromatic nitrogens is 2. The van der Waals surface area contributed by atoms with Crippen molar-refractivity contribution in [1.82, 2.24) is 30.8 Å². The highest BCUT2D eigenvalue weighted by atomic mass is 16.3. The highest BCUT2D eigenvalue weighted by Crippen LogP contribution is 2.11. The molecule has 5 amide bonds. The number of phenols is 1. The minimum Gasteiger partial charge on any atom is -0.508 e. The fourth-order valence-electron chi connectivity index (χ4n) is 4.17. The van der Waals surface area contributed by atoms with E-state index in [1.165, 1.54) is 19.1 Å². The Morgan fingerprint density at radius 1 is 0.804 bits per heavy atom. The summed E-state index contributed by atoms with van der Waals surface area (Å²) >= 11 is 0. The molecule has 1 unspecified atom stereocenters. The molecule has 0 aliphatic heterocycles. The molecule has 10 N–H and O–H groups in total. The molecule has 0 aliphatic carbocycles. The zero-order valence-electron chi connectivity index (χ0n) is 24.9. The topological polar surface area (TPSA) is 261 Å². The summed E-state index contributed by atoms with van der Waals surface area (Å²) in [4.78, 5) is 88.7. The normalized spacial score (nSPS) is 13.4. The molecule has 4 atom stereocenters. The molecule has 16 heteroatoms. The maximum atomic E-state index is 13.1. The van der Waals surface area contributed by atoms with Gasteiger partial charge < -0.3 is 32.5 Å². The maximum Gasteiger partial charge on any atom is 0.328 e. The third kappa shape index (κ3) is 10.8. The first-order valence-electron chi connectivity index (χ1n) is 14.2. The van der Waals surface area contributed by atoms with Crippen LogP contribution in [0, 0.1) is 0 Å². The van der Waals surface area contributed by atoms with Crippen LogP contribution < -0.4 is 44.0 Å². The second-order valence-corrected chi connectivity index (χ2v) is 10.5. The second kappa shape index (κ2) is 16.5. The first kappa shape index (κ1) is 34.9. The molecule has 0 saturated heterocycles. The number of carbonyl (C=O) groups is 5. The van der Waals surface area contributed by atoms with Crippen molar-refractivity contribution in [3.05, 3.63) is 98.8 Å². The minimum absolute atomic E-state index is 0.0142. The fourth-order valence-corrected chi connectivity index (χ4v) is 4.17. The van der Waals surface area contributed by atoms with Crippen LogP contribution in [-0.4, -0.2) is 74.9 Å². The standard InChI is InChI=1S/C30H36N8O8/c1-17(34-27(43)21(31)13-19-7-9-20(39)10-8-19)26(42)33-15-25(41)35-23(14-18-5-3-2-4-6-18)29(45)37-28(44)22(32)16-38-12-11-24(40)36-30(38)46/h2-12,17,21-23,39H,13-16,31-32H2,1H3,(H,33,42)(H,34,43)(H,35,41)(H,36,40,46)(H,37,44,45)/t17-,21+,22?,23+/m1/s1. The van der Waals surface area contributed by atoms with Crippen LogP contribution in [0.2, 0.25) is 0 Å². The summed E-state index contributed by atoms with van der Waals surface area (Å²) in [6.45, 7) is 0.507. The number of nitrogens with two attached hydrogens (primary N) is 2. The number of aromatic amines is 1. The number of aromatic hydroxyl groups is 1. The van der Waals surface area contributed by atoms with Gasteiger partial charge in [-0.15, -0.1) is 0 Å². The number of H-pyrrole nitrogens is 1. The molecule has 1 aromatic heterocycles.